The van der Waals surface area contributed by atoms with Crippen LogP contribution in [0.4, 0.5) is 10.5 Å². The van der Waals surface area contributed by atoms with E-state index in [0.29, 0.717) is 17.6 Å². The third kappa shape index (κ3) is 3.15. The molecular formula is C13H14BrN3O4. The Bertz CT molecular complexity index is 605. The molecule has 0 saturated carbocycles. The number of halogens is 1. The highest BCUT2D eigenvalue weighted by Crippen LogP contribution is 2.27. The van der Waals surface area contributed by atoms with Crippen LogP contribution in [0, 0.1) is 0 Å². The first-order valence-electron chi connectivity index (χ1n) is 6.29. The van der Waals surface area contributed by atoms with E-state index in [1.807, 2.05) is 0 Å². The number of carboxylic acid groups (broad SMARTS) is 1. The second kappa shape index (κ2) is 6.13. The lowest BCUT2D eigenvalue weighted by Crippen LogP contribution is -2.56. The lowest BCUT2D eigenvalue weighted by molar-refractivity contribution is -0.126. The van der Waals surface area contributed by atoms with Crippen molar-refractivity contribution in [2.45, 2.75) is 13.0 Å². The quantitative estimate of drug-likeness (QED) is 0.748. The first-order valence-corrected chi connectivity index (χ1v) is 7.08. The number of urea groups is 1. The van der Waals surface area contributed by atoms with Crippen molar-refractivity contribution in [1.82, 2.24) is 10.2 Å². The van der Waals surface area contributed by atoms with Crippen LogP contribution >= 0.6 is 15.9 Å². The van der Waals surface area contributed by atoms with Crippen molar-refractivity contribution < 1.29 is 19.5 Å². The zero-order valence-corrected chi connectivity index (χ0v) is 12.8. The average molecular weight is 356 g/mol. The van der Waals surface area contributed by atoms with E-state index in [9.17, 15) is 14.4 Å². The third-order valence-electron chi connectivity index (χ3n) is 3.24. The Hall–Kier alpha value is -2.09. The fraction of sp³-hybridized carbons (Fsp3) is 0.308. The Balaban J connectivity index is 2.24. The van der Waals surface area contributed by atoms with Crippen molar-refractivity contribution in [1.29, 1.82) is 0 Å². The highest BCUT2D eigenvalue weighted by molar-refractivity contribution is 9.10. The molecule has 0 spiro atoms. The Labute approximate surface area is 129 Å². The summed E-state index contributed by atoms with van der Waals surface area (Å²) in [6.45, 7) is 2.36. The van der Waals surface area contributed by atoms with E-state index in [0.717, 1.165) is 0 Å². The van der Waals surface area contributed by atoms with Gasteiger partial charge in [0.05, 0.1) is 11.3 Å². The maximum absolute atomic E-state index is 12.3. The smallest absolute Gasteiger partial charge is 0.337 e. The van der Waals surface area contributed by atoms with Crippen molar-refractivity contribution in [2.75, 3.05) is 18.4 Å². The lowest BCUT2D eigenvalue weighted by Gasteiger charge is -2.33. The molecule has 2 rings (SSSR count). The molecule has 1 atom stereocenters. The number of amides is 3. The minimum Gasteiger partial charge on any atom is -0.478 e. The van der Waals surface area contributed by atoms with Gasteiger partial charge in [-0.1, -0.05) is 6.07 Å². The predicted octanol–water partition coefficient (Wildman–Crippen LogP) is 1.50. The molecule has 1 aliphatic heterocycles. The zero-order valence-electron chi connectivity index (χ0n) is 11.2. The van der Waals surface area contributed by atoms with Gasteiger partial charge in [-0.2, -0.15) is 0 Å². The van der Waals surface area contributed by atoms with E-state index in [4.69, 9.17) is 5.11 Å². The van der Waals surface area contributed by atoms with Crippen LogP contribution < -0.4 is 10.6 Å². The number of carbonyl (C=O) groups excluding carboxylic acids is 2. The maximum atomic E-state index is 12.3. The van der Waals surface area contributed by atoms with Crippen LogP contribution in [0.25, 0.3) is 0 Å². The number of hydrogen-bond acceptors (Lipinski definition) is 3. The highest BCUT2D eigenvalue weighted by atomic mass is 79.9. The summed E-state index contributed by atoms with van der Waals surface area (Å²) in [6.07, 6.45) is 0. The summed E-state index contributed by atoms with van der Waals surface area (Å²) in [7, 11) is 0. The molecule has 3 amide bonds. The summed E-state index contributed by atoms with van der Waals surface area (Å²) in [4.78, 5) is 36.4. The number of aromatic carboxylic acids is 1. The number of anilines is 1. The second-order valence-electron chi connectivity index (χ2n) is 4.56. The largest absolute Gasteiger partial charge is 0.478 e. The fourth-order valence-corrected chi connectivity index (χ4v) is 2.53. The summed E-state index contributed by atoms with van der Waals surface area (Å²) in [6, 6.07) is 3.49. The Morgan fingerprint density at radius 2 is 2.19 bits per heavy atom. The number of nitrogens with zero attached hydrogens (tertiary/aromatic N) is 1. The van der Waals surface area contributed by atoms with Crippen molar-refractivity contribution in [3.63, 3.8) is 0 Å². The molecule has 1 aromatic carbocycles. The van der Waals surface area contributed by atoms with Crippen LogP contribution in [-0.2, 0) is 4.79 Å². The molecule has 1 heterocycles. The number of benzene rings is 1. The maximum Gasteiger partial charge on any atom is 0.337 e. The molecular weight excluding hydrogens is 342 g/mol. The highest BCUT2D eigenvalue weighted by Gasteiger charge is 2.30. The molecule has 7 nitrogen and oxygen atoms in total. The van der Waals surface area contributed by atoms with Gasteiger partial charge in [0.1, 0.15) is 6.04 Å². The van der Waals surface area contributed by atoms with Gasteiger partial charge < -0.3 is 20.6 Å². The van der Waals surface area contributed by atoms with Gasteiger partial charge >= 0.3 is 12.0 Å². The van der Waals surface area contributed by atoms with Crippen LogP contribution in [0.5, 0.6) is 0 Å². The molecule has 1 unspecified atom stereocenters. The van der Waals surface area contributed by atoms with Gasteiger partial charge in [0.15, 0.2) is 0 Å². The average Bonchev–Trinajstić information content (AvgIpc) is 2.43. The van der Waals surface area contributed by atoms with Crippen molar-refractivity contribution >= 4 is 39.5 Å². The van der Waals surface area contributed by atoms with Crippen LogP contribution in [0.2, 0.25) is 0 Å². The Morgan fingerprint density at radius 1 is 1.48 bits per heavy atom. The van der Waals surface area contributed by atoms with Gasteiger partial charge in [-0.05, 0) is 35.0 Å². The lowest BCUT2D eigenvalue weighted by atomic mass is 10.1. The monoisotopic (exact) mass is 355 g/mol. The van der Waals surface area contributed by atoms with E-state index < -0.39 is 18.0 Å². The number of para-hydroxylation sites is 1. The number of carbonyl (C=O) groups is 3. The minimum atomic E-state index is -1.14. The van der Waals surface area contributed by atoms with Crippen molar-refractivity contribution in [3.05, 3.63) is 28.2 Å². The minimum absolute atomic E-state index is 0.0214. The summed E-state index contributed by atoms with van der Waals surface area (Å²) < 4.78 is 0.463. The third-order valence-corrected chi connectivity index (χ3v) is 3.90. The van der Waals surface area contributed by atoms with Crippen molar-refractivity contribution in [2.24, 2.45) is 0 Å². The number of hydrogen-bond donors (Lipinski definition) is 3. The topological polar surface area (TPSA) is 98.7 Å². The summed E-state index contributed by atoms with van der Waals surface area (Å²) >= 11 is 3.22. The molecule has 1 fully saturated rings. The van der Waals surface area contributed by atoms with E-state index >= 15 is 0 Å². The molecule has 1 aromatic rings. The zero-order chi connectivity index (χ0) is 15.6. The van der Waals surface area contributed by atoms with E-state index in [-0.39, 0.29) is 17.2 Å². The number of piperazine rings is 1. The standard InChI is InChI=1S/C13H14BrN3O4/c1-7-11(18)15-5-6-17(7)13(21)16-10-8(12(19)20)3-2-4-9(10)14/h2-4,7H,5-6H2,1H3,(H,15,18)(H,16,21)(H,19,20). The molecule has 0 radical (unpaired) electrons. The molecule has 21 heavy (non-hydrogen) atoms. The Morgan fingerprint density at radius 3 is 2.86 bits per heavy atom. The van der Waals surface area contributed by atoms with E-state index in [1.165, 1.54) is 11.0 Å². The van der Waals surface area contributed by atoms with Crippen LogP contribution in [0.3, 0.4) is 0 Å². The van der Waals surface area contributed by atoms with Gasteiger partial charge in [0.25, 0.3) is 0 Å². The first-order chi connectivity index (χ1) is 9.91. The SMILES string of the molecule is CC1C(=O)NCCN1C(=O)Nc1c(Br)cccc1C(=O)O. The molecule has 0 aliphatic carbocycles. The molecule has 112 valence electrons. The van der Waals surface area contributed by atoms with Gasteiger partial charge in [-0.15, -0.1) is 0 Å². The number of carboxylic acids is 1. The number of rotatable bonds is 2. The van der Waals surface area contributed by atoms with Crippen LogP contribution in [0.15, 0.2) is 22.7 Å². The van der Waals surface area contributed by atoms with Gasteiger partial charge in [-0.25, -0.2) is 9.59 Å². The first kappa shape index (κ1) is 15.3. The van der Waals surface area contributed by atoms with Gasteiger partial charge in [0, 0.05) is 17.6 Å². The normalized spacial score (nSPS) is 18.1. The molecule has 8 heteroatoms. The summed E-state index contributed by atoms with van der Waals surface area (Å²) in [5, 5.41) is 14.4. The van der Waals surface area contributed by atoms with Gasteiger partial charge in [-0.3, -0.25) is 4.79 Å². The molecule has 3 N–H and O–H groups in total. The van der Waals surface area contributed by atoms with Gasteiger partial charge in [0.2, 0.25) is 5.91 Å². The second-order valence-corrected chi connectivity index (χ2v) is 5.41. The molecule has 1 aliphatic rings. The van der Waals surface area contributed by atoms with Crippen LogP contribution in [-0.4, -0.2) is 47.0 Å². The Kier molecular flexibility index (Phi) is 4.46. The van der Waals surface area contributed by atoms with Crippen molar-refractivity contribution in [3.8, 4) is 0 Å². The molecule has 0 aromatic heterocycles. The molecule has 0 bridgehead atoms. The van der Waals surface area contributed by atoms with E-state index in [1.54, 1.807) is 19.1 Å². The van der Waals surface area contributed by atoms with E-state index in [2.05, 4.69) is 26.6 Å². The molecule has 1 saturated heterocycles. The van der Waals surface area contributed by atoms with Crippen LogP contribution in [0.1, 0.15) is 17.3 Å². The predicted molar refractivity (Wildman–Crippen MR) is 79.3 cm³/mol. The summed E-state index contributed by atoms with van der Waals surface area (Å²) in [5.74, 6) is -1.38. The summed E-state index contributed by atoms with van der Waals surface area (Å²) in [5.41, 5.74) is 0.153. The fourth-order valence-electron chi connectivity index (χ4n) is 2.07. The number of nitrogens with one attached hydrogen (secondary N) is 2.